The van der Waals surface area contributed by atoms with Gasteiger partial charge in [-0.25, -0.2) is 0 Å². The number of nitriles is 1. The van der Waals surface area contributed by atoms with E-state index in [4.69, 9.17) is 13.9 Å². The molecule has 3 aromatic rings. The minimum absolute atomic E-state index is 0.00613. The molecule has 0 amide bonds. The maximum atomic E-state index is 9.44. The molecule has 0 saturated heterocycles. The van der Waals surface area contributed by atoms with E-state index in [1.807, 2.05) is 62.6 Å². The Bertz CT molecular complexity index is 993. The van der Waals surface area contributed by atoms with Crippen molar-refractivity contribution in [2.24, 2.45) is 0 Å². The third-order valence-corrected chi connectivity index (χ3v) is 4.63. The molecule has 29 heavy (non-hydrogen) atoms. The molecule has 0 bridgehead atoms. The summed E-state index contributed by atoms with van der Waals surface area (Å²) in [6.07, 6.45) is 0. The van der Waals surface area contributed by atoms with Crippen LogP contribution in [0.1, 0.15) is 17.3 Å². The van der Waals surface area contributed by atoms with Gasteiger partial charge >= 0.3 is 0 Å². The average Bonchev–Trinajstić information content (AvgIpc) is 3.17. The van der Waals surface area contributed by atoms with E-state index in [1.54, 1.807) is 14.2 Å². The van der Waals surface area contributed by atoms with E-state index >= 15 is 0 Å². The quantitative estimate of drug-likeness (QED) is 0.621. The zero-order chi connectivity index (χ0) is 20.8. The zero-order valence-corrected chi connectivity index (χ0v) is 17.0. The normalized spacial score (nSPS) is 11.7. The standard InChI is InChI=1S/C22H24N4O3/c1-26(2)18(16-10-11-19(27-3)20(12-16)28-4)14-24-22-17(13-23)25-21(29-22)15-8-6-5-7-9-15/h5-12,18,24H,14H2,1-4H3/t18-/m1/s1. The van der Waals surface area contributed by atoms with Crippen LogP contribution in [0.4, 0.5) is 5.88 Å². The lowest BCUT2D eigenvalue weighted by molar-refractivity contribution is 0.307. The van der Waals surface area contributed by atoms with Gasteiger partial charge in [-0.05, 0) is 43.9 Å². The topological polar surface area (TPSA) is 83.5 Å². The van der Waals surface area contributed by atoms with Crippen molar-refractivity contribution >= 4 is 5.88 Å². The molecule has 2 aromatic carbocycles. The summed E-state index contributed by atoms with van der Waals surface area (Å²) in [5.74, 6) is 2.12. The van der Waals surface area contributed by atoms with E-state index in [2.05, 4.69) is 21.3 Å². The molecular weight excluding hydrogens is 368 g/mol. The highest BCUT2D eigenvalue weighted by atomic mass is 16.5. The lowest BCUT2D eigenvalue weighted by Crippen LogP contribution is -2.27. The second-order valence-corrected chi connectivity index (χ2v) is 6.65. The number of likely N-dealkylation sites (N-methyl/N-ethyl adjacent to an activating group) is 1. The van der Waals surface area contributed by atoms with Crippen molar-refractivity contribution in [3.63, 3.8) is 0 Å². The van der Waals surface area contributed by atoms with Crippen molar-refractivity contribution in [2.75, 3.05) is 40.2 Å². The van der Waals surface area contributed by atoms with Crippen LogP contribution in [-0.2, 0) is 0 Å². The number of ether oxygens (including phenoxy) is 2. The first kappa shape index (κ1) is 20.2. The van der Waals surface area contributed by atoms with Crippen molar-refractivity contribution in [2.45, 2.75) is 6.04 Å². The second kappa shape index (κ2) is 9.13. The van der Waals surface area contributed by atoms with Gasteiger partial charge in [-0.2, -0.15) is 10.2 Å². The van der Waals surface area contributed by atoms with Crippen molar-refractivity contribution in [1.29, 1.82) is 5.26 Å². The highest BCUT2D eigenvalue weighted by molar-refractivity contribution is 5.58. The van der Waals surface area contributed by atoms with E-state index < -0.39 is 0 Å². The van der Waals surface area contributed by atoms with Crippen LogP contribution in [-0.4, -0.2) is 44.7 Å². The molecule has 1 atom stereocenters. The summed E-state index contributed by atoms with van der Waals surface area (Å²) in [5, 5.41) is 12.7. The fraction of sp³-hybridized carbons (Fsp3) is 0.273. The highest BCUT2D eigenvalue weighted by Gasteiger charge is 2.20. The Labute approximate surface area is 170 Å². The predicted molar refractivity (Wildman–Crippen MR) is 111 cm³/mol. The van der Waals surface area contributed by atoms with Crippen LogP contribution in [0.5, 0.6) is 11.5 Å². The fourth-order valence-electron chi connectivity index (χ4n) is 3.07. The van der Waals surface area contributed by atoms with Gasteiger partial charge in [0.05, 0.1) is 20.3 Å². The molecule has 0 unspecified atom stereocenters. The number of anilines is 1. The van der Waals surface area contributed by atoms with Gasteiger partial charge in [0.1, 0.15) is 6.07 Å². The van der Waals surface area contributed by atoms with E-state index in [-0.39, 0.29) is 11.7 Å². The molecule has 7 nitrogen and oxygen atoms in total. The Kier molecular flexibility index (Phi) is 6.37. The number of methoxy groups -OCH3 is 2. The van der Waals surface area contributed by atoms with Gasteiger partial charge in [0.15, 0.2) is 11.5 Å². The Morgan fingerprint density at radius 2 is 1.83 bits per heavy atom. The first-order valence-corrected chi connectivity index (χ1v) is 9.16. The molecule has 0 radical (unpaired) electrons. The number of rotatable bonds is 8. The molecule has 0 aliphatic heterocycles. The van der Waals surface area contributed by atoms with Gasteiger partial charge < -0.3 is 24.1 Å². The van der Waals surface area contributed by atoms with Crippen molar-refractivity contribution < 1.29 is 13.9 Å². The number of hydrogen-bond donors (Lipinski definition) is 1. The minimum atomic E-state index is 0.00613. The van der Waals surface area contributed by atoms with Gasteiger partial charge in [0.25, 0.3) is 0 Å². The molecule has 7 heteroatoms. The summed E-state index contributed by atoms with van der Waals surface area (Å²) in [5.41, 5.74) is 2.09. The lowest BCUT2D eigenvalue weighted by Gasteiger charge is -2.25. The molecule has 1 N–H and O–H groups in total. The molecule has 1 aromatic heterocycles. The summed E-state index contributed by atoms with van der Waals surface area (Å²) in [7, 11) is 7.21. The first-order valence-electron chi connectivity index (χ1n) is 9.16. The second-order valence-electron chi connectivity index (χ2n) is 6.65. The van der Waals surface area contributed by atoms with Gasteiger partial charge in [-0.15, -0.1) is 0 Å². The third kappa shape index (κ3) is 4.50. The summed E-state index contributed by atoms with van der Waals surface area (Å²) in [6, 6.07) is 17.4. The van der Waals surface area contributed by atoms with Crippen molar-refractivity contribution in [3.8, 4) is 29.0 Å². The molecule has 3 rings (SSSR count). The Morgan fingerprint density at radius 1 is 1.10 bits per heavy atom. The summed E-state index contributed by atoms with van der Waals surface area (Å²) >= 11 is 0. The summed E-state index contributed by atoms with van der Waals surface area (Å²) in [4.78, 5) is 6.38. The van der Waals surface area contributed by atoms with Gasteiger partial charge in [-0.3, -0.25) is 0 Å². The summed E-state index contributed by atoms with van der Waals surface area (Å²) < 4.78 is 16.6. The molecule has 1 heterocycles. The number of hydrogen-bond acceptors (Lipinski definition) is 7. The number of benzene rings is 2. The van der Waals surface area contributed by atoms with Crippen LogP contribution >= 0.6 is 0 Å². The molecule has 0 fully saturated rings. The Hall–Kier alpha value is -3.50. The number of nitrogens with zero attached hydrogens (tertiary/aromatic N) is 3. The highest BCUT2D eigenvalue weighted by Crippen LogP contribution is 2.32. The lowest BCUT2D eigenvalue weighted by atomic mass is 10.1. The van der Waals surface area contributed by atoms with Gasteiger partial charge in [-0.1, -0.05) is 24.3 Å². The van der Waals surface area contributed by atoms with Gasteiger partial charge in [0.2, 0.25) is 17.5 Å². The van der Waals surface area contributed by atoms with E-state index in [0.29, 0.717) is 29.8 Å². The van der Waals surface area contributed by atoms with E-state index in [9.17, 15) is 5.26 Å². The fourth-order valence-corrected chi connectivity index (χ4v) is 3.07. The van der Waals surface area contributed by atoms with Crippen LogP contribution in [0.3, 0.4) is 0 Å². The van der Waals surface area contributed by atoms with Crippen LogP contribution in [0.25, 0.3) is 11.5 Å². The average molecular weight is 392 g/mol. The molecule has 0 saturated carbocycles. The van der Waals surface area contributed by atoms with E-state index in [1.165, 1.54) is 0 Å². The minimum Gasteiger partial charge on any atom is -0.493 e. The molecular formula is C22H24N4O3. The van der Waals surface area contributed by atoms with Crippen LogP contribution in [0, 0.1) is 11.3 Å². The molecule has 150 valence electrons. The third-order valence-electron chi connectivity index (χ3n) is 4.63. The van der Waals surface area contributed by atoms with Crippen LogP contribution < -0.4 is 14.8 Å². The molecule has 0 aliphatic carbocycles. The molecule has 0 aliphatic rings. The predicted octanol–water partition coefficient (Wildman–Crippen LogP) is 3.95. The van der Waals surface area contributed by atoms with Crippen LogP contribution in [0.2, 0.25) is 0 Å². The maximum Gasteiger partial charge on any atom is 0.232 e. The largest absolute Gasteiger partial charge is 0.493 e. The first-order chi connectivity index (χ1) is 14.1. The zero-order valence-electron chi connectivity index (χ0n) is 17.0. The van der Waals surface area contributed by atoms with Gasteiger partial charge in [0, 0.05) is 12.1 Å². The summed E-state index contributed by atoms with van der Waals surface area (Å²) in [6.45, 7) is 0.514. The maximum absolute atomic E-state index is 9.44. The number of oxazole rings is 1. The van der Waals surface area contributed by atoms with Crippen molar-refractivity contribution in [3.05, 3.63) is 59.8 Å². The number of nitrogens with one attached hydrogen (secondary N) is 1. The number of aromatic nitrogens is 1. The Morgan fingerprint density at radius 3 is 2.45 bits per heavy atom. The Balaban J connectivity index is 1.83. The van der Waals surface area contributed by atoms with Crippen molar-refractivity contribution in [1.82, 2.24) is 9.88 Å². The monoisotopic (exact) mass is 392 g/mol. The van der Waals surface area contributed by atoms with E-state index in [0.717, 1.165) is 11.1 Å². The van der Waals surface area contributed by atoms with Crippen LogP contribution in [0.15, 0.2) is 52.9 Å². The SMILES string of the molecule is COc1ccc([C@@H](CNc2oc(-c3ccccc3)nc2C#N)N(C)C)cc1OC. The smallest absolute Gasteiger partial charge is 0.232 e. The molecule has 0 spiro atoms.